The SMILES string of the molecule is CCCNCC(OC1CCOCC1)c1cccc(C)c1. The molecule has 0 spiro atoms. The van der Waals surface area contributed by atoms with Gasteiger partial charge in [-0.2, -0.15) is 0 Å². The zero-order valence-corrected chi connectivity index (χ0v) is 12.7. The van der Waals surface area contributed by atoms with E-state index in [-0.39, 0.29) is 6.10 Å². The molecule has 20 heavy (non-hydrogen) atoms. The van der Waals surface area contributed by atoms with Crippen LogP contribution in [-0.2, 0) is 9.47 Å². The average molecular weight is 277 g/mol. The topological polar surface area (TPSA) is 30.5 Å². The van der Waals surface area contributed by atoms with Gasteiger partial charge in [0, 0.05) is 19.8 Å². The van der Waals surface area contributed by atoms with Crippen molar-refractivity contribution in [3.8, 4) is 0 Å². The molecule has 1 saturated heterocycles. The fourth-order valence-electron chi connectivity index (χ4n) is 2.57. The van der Waals surface area contributed by atoms with Gasteiger partial charge in [0.25, 0.3) is 0 Å². The Morgan fingerprint density at radius 1 is 1.35 bits per heavy atom. The molecule has 1 fully saturated rings. The van der Waals surface area contributed by atoms with Crippen LogP contribution in [0.5, 0.6) is 0 Å². The Labute approximate surface area is 122 Å². The van der Waals surface area contributed by atoms with Gasteiger partial charge in [-0.3, -0.25) is 0 Å². The van der Waals surface area contributed by atoms with E-state index in [1.54, 1.807) is 0 Å². The van der Waals surface area contributed by atoms with Crippen LogP contribution < -0.4 is 5.32 Å². The summed E-state index contributed by atoms with van der Waals surface area (Å²) < 4.78 is 11.7. The molecule has 1 aromatic rings. The van der Waals surface area contributed by atoms with Crippen molar-refractivity contribution in [1.29, 1.82) is 0 Å². The monoisotopic (exact) mass is 277 g/mol. The third-order valence-corrected chi connectivity index (χ3v) is 3.70. The molecular weight excluding hydrogens is 250 g/mol. The quantitative estimate of drug-likeness (QED) is 0.776. The van der Waals surface area contributed by atoms with Gasteiger partial charge in [0.15, 0.2) is 0 Å². The van der Waals surface area contributed by atoms with Crippen LogP contribution in [0.15, 0.2) is 24.3 Å². The van der Waals surface area contributed by atoms with Crippen LogP contribution in [0.2, 0.25) is 0 Å². The lowest BCUT2D eigenvalue weighted by Crippen LogP contribution is -2.30. The van der Waals surface area contributed by atoms with Crippen molar-refractivity contribution < 1.29 is 9.47 Å². The van der Waals surface area contributed by atoms with Crippen LogP contribution in [0.4, 0.5) is 0 Å². The van der Waals surface area contributed by atoms with E-state index < -0.39 is 0 Å². The normalized spacial score (nSPS) is 18.1. The van der Waals surface area contributed by atoms with E-state index in [0.717, 1.165) is 45.6 Å². The summed E-state index contributed by atoms with van der Waals surface area (Å²) in [4.78, 5) is 0. The summed E-state index contributed by atoms with van der Waals surface area (Å²) in [5, 5.41) is 3.49. The molecule has 0 amide bonds. The lowest BCUT2D eigenvalue weighted by atomic mass is 10.1. The first-order chi connectivity index (χ1) is 9.79. The van der Waals surface area contributed by atoms with Crippen molar-refractivity contribution >= 4 is 0 Å². The molecule has 1 unspecified atom stereocenters. The third kappa shape index (κ3) is 4.89. The zero-order chi connectivity index (χ0) is 14.2. The van der Waals surface area contributed by atoms with Crippen molar-refractivity contribution in [3.63, 3.8) is 0 Å². The van der Waals surface area contributed by atoms with Crippen LogP contribution in [0.3, 0.4) is 0 Å². The molecule has 3 nitrogen and oxygen atoms in total. The van der Waals surface area contributed by atoms with Crippen molar-refractivity contribution in [2.75, 3.05) is 26.3 Å². The molecule has 3 heteroatoms. The first-order valence-electron chi connectivity index (χ1n) is 7.80. The number of rotatable bonds is 7. The van der Waals surface area contributed by atoms with Gasteiger partial charge in [-0.25, -0.2) is 0 Å². The Hall–Kier alpha value is -0.900. The van der Waals surface area contributed by atoms with Crippen molar-refractivity contribution in [2.45, 2.75) is 45.3 Å². The molecule has 0 aliphatic carbocycles. The summed E-state index contributed by atoms with van der Waals surface area (Å²) >= 11 is 0. The van der Waals surface area contributed by atoms with Gasteiger partial charge in [0.2, 0.25) is 0 Å². The molecule has 1 atom stereocenters. The number of benzene rings is 1. The Morgan fingerprint density at radius 3 is 2.85 bits per heavy atom. The van der Waals surface area contributed by atoms with E-state index in [4.69, 9.17) is 9.47 Å². The second-order valence-corrected chi connectivity index (χ2v) is 5.55. The Bertz CT molecular complexity index is 388. The molecule has 1 aromatic carbocycles. The molecule has 112 valence electrons. The Kier molecular flexibility index (Phi) is 6.51. The maximum absolute atomic E-state index is 6.34. The van der Waals surface area contributed by atoms with E-state index in [1.807, 2.05) is 0 Å². The highest BCUT2D eigenvalue weighted by Crippen LogP contribution is 2.23. The number of ether oxygens (including phenoxy) is 2. The van der Waals surface area contributed by atoms with Crippen LogP contribution >= 0.6 is 0 Å². The van der Waals surface area contributed by atoms with Gasteiger partial charge in [-0.1, -0.05) is 36.8 Å². The van der Waals surface area contributed by atoms with E-state index >= 15 is 0 Å². The fraction of sp³-hybridized carbons (Fsp3) is 0.647. The van der Waals surface area contributed by atoms with Gasteiger partial charge < -0.3 is 14.8 Å². The standard InChI is InChI=1S/C17H27NO2/c1-3-9-18-13-17(15-6-4-5-14(2)12-15)20-16-7-10-19-11-8-16/h4-6,12,16-18H,3,7-11,13H2,1-2H3. The minimum Gasteiger partial charge on any atom is -0.381 e. The number of hydrogen-bond acceptors (Lipinski definition) is 3. The van der Waals surface area contributed by atoms with E-state index in [2.05, 4.69) is 43.4 Å². The molecule has 2 rings (SSSR count). The molecular formula is C17H27NO2. The van der Waals surface area contributed by atoms with E-state index in [1.165, 1.54) is 11.1 Å². The molecule has 0 aromatic heterocycles. The first kappa shape index (κ1) is 15.5. The van der Waals surface area contributed by atoms with Crippen LogP contribution in [0, 0.1) is 6.92 Å². The minimum atomic E-state index is 0.143. The van der Waals surface area contributed by atoms with Gasteiger partial charge in [-0.15, -0.1) is 0 Å². The van der Waals surface area contributed by atoms with Crippen molar-refractivity contribution in [2.24, 2.45) is 0 Å². The van der Waals surface area contributed by atoms with E-state index in [9.17, 15) is 0 Å². The zero-order valence-electron chi connectivity index (χ0n) is 12.7. The molecule has 0 bridgehead atoms. The summed E-state index contributed by atoms with van der Waals surface area (Å²) in [5.41, 5.74) is 2.57. The van der Waals surface area contributed by atoms with Crippen LogP contribution in [-0.4, -0.2) is 32.4 Å². The lowest BCUT2D eigenvalue weighted by molar-refractivity contribution is -0.0688. The van der Waals surface area contributed by atoms with Gasteiger partial charge in [0.1, 0.15) is 0 Å². The second kappa shape index (κ2) is 8.40. The highest BCUT2D eigenvalue weighted by Gasteiger charge is 2.20. The second-order valence-electron chi connectivity index (χ2n) is 5.55. The largest absolute Gasteiger partial charge is 0.381 e. The molecule has 0 saturated carbocycles. The minimum absolute atomic E-state index is 0.143. The molecule has 1 aliphatic heterocycles. The Balaban J connectivity index is 1.99. The Morgan fingerprint density at radius 2 is 2.15 bits per heavy atom. The summed E-state index contributed by atoms with van der Waals surface area (Å²) in [6, 6.07) is 8.65. The first-order valence-corrected chi connectivity index (χ1v) is 7.80. The van der Waals surface area contributed by atoms with E-state index in [0.29, 0.717) is 6.10 Å². The summed E-state index contributed by atoms with van der Waals surface area (Å²) in [6.45, 7) is 7.90. The van der Waals surface area contributed by atoms with Crippen molar-refractivity contribution in [1.82, 2.24) is 5.32 Å². The fourth-order valence-corrected chi connectivity index (χ4v) is 2.57. The molecule has 1 N–H and O–H groups in total. The number of hydrogen-bond donors (Lipinski definition) is 1. The van der Waals surface area contributed by atoms with Gasteiger partial charge in [0.05, 0.1) is 12.2 Å². The maximum atomic E-state index is 6.34. The summed E-state index contributed by atoms with van der Waals surface area (Å²) in [6.07, 6.45) is 3.64. The molecule has 0 radical (unpaired) electrons. The predicted octanol–water partition coefficient (Wildman–Crippen LogP) is 3.23. The molecule has 1 aliphatic rings. The van der Waals surface area contributed by atoms with Gasteiger partial charge in [-0.05, 0) is 38.3 Å². The van der Waals surface area contributed by atoms with Crippen molar-refractivity contribution in [3.05, 3.63) is 35.4 Å². The smallest absolute Gasteiger partial charge is 0.0953 e. The summed E-state index contributed by atoms with van der Waals surface area (Å²) in [7, 11) is 0. The van der Waals surface area contributed by atoms with Crippen LogP contribution in [0.1, 0.15) is 43.4 Å². The van der Waals surface area contributed by atoms with Gasteiger partial charge >= 0.3 is 0 Å². The third-order valence-electron chi connectivity index (χ3n) is 3.70. The maximum Gasteiger partial charge on any atom is 0.0953 e. The van der Waals surface area contributed by atoms with Crippen LogP contribution in [0.25, 0.3) is 0 Å². The molecule has 1 heterocycles. The average Bonchev–Trinajstić information content (AvgIpc) is 2.47. The highest BCUT2D eigenvalue weighted by molar-refractivity contribution is 5.24. The number of nitrogens with one attached hydrogen (secondary N) is 1. The number of aryl methyl sites for hydroxylation is 1. The summed E-state index contributed by atoms with van der Waals surface area (Å²) in [5.74, 6) is 0. The lowest BCUT2D eigenvalue weighted by Gasteiger charge is -2.28. The highest BCUT2D eigenvalue weighted by atomic mass is 16.5. The predicted molar refractivity (Wildman–Crippen MR) is 82.0 cm³/mol.